The third-order valence-corrected chi connectivity index (χ3v) is 6.20. The fourth-order valence-corrected chi connectivity index (χ4v) is 4.29. The average molecular weight is 443 g/mol. The molecule has 0 spiro atoms. The standard InChI is InChI=1S/C24H28ClFN4O/c1-17(18-7-10-20(26)11-8-18)27-15-21-23(28-22-12-9-19(25)16-30(21)22)24(31)29-13-5-3-2-4-6-14-29/h7-12,16-17,27H,2-6,13-15H2,1H3/t17-/m1/s1. The Morgan fingerprint density at radius 2 is 1.77 bits per heavy atom. The zero-order valence-electron chi connectivity index (χ0n) is 17.8. The van der Waals surface area contributed by atoms with Crippen LogP contribution < -0.4 is 5.32 Å². The van der Waals surface area contributed by atoms with E-state index >= 15 is 0 Å². The quantitative estimate of drug-likeness (QED) is 0.576. The maximum absolute atomic E-state index is 13.4. The van der Waals surface area contributed by atoms with Crippen molar-refractivity contribution in [3.05, 3.63) is 70.4 Å². The number of pyridine rings is 1. The molecule has 1 atom stereocenters. The van der Waals surface area contributed by atoms with E-state index in [-0.39, 0.29) is 17.8 Å². The van der Waals surface area contributed by atoms with Gasteiger partial charge in [-0.3, -0.25) is 4.79 Å². The lowest BCUT2D eigenvalue weighted by molar-refractivity contribution is 0.0735. The Kier molecular flexibility index (Phi) is 6.88. The Balaban J connectivity index is 1.61. The van der Waals surface area contributed by atoms with Crippen molar-refractivity contribution in [2.24, 2.45) is 0 Å². The zero-order valence-corrected chi connectivity index (χ0v) is 18.5. The molecule has 31 heavy (non-hydrogen) atoms. The molecule has 0 bridgehead atoms. The minimum absolute atomic E-state index is 0.0185. The normalized spacial score (nSPS) is 16.2. The predicted molar refractivity (Wildman–Crippen MR) is 121 cm³/mol. The summed E-state index contributed by atoms with van der Waals surface area (Å²) in [5.74, 6) is -0.276. The van der Waals surface area contributed by atoms with Gasteiger partial charge in [0.05, 0.1) is 10.7 Å². The number of amides is 1. The average Bonchev–Trinajstić information content (AvgIpc) is 3.09. The number of halogens is 2. The molecular formula is C24H28ClFN4O. The van der Waals surface area contributed by atoms with Crippen molar-refractivity contribution in [3.63, 3.8) is 0 Å². The molecule has 1 saturated heterocycles. The summed E-state index contributed by atoms with van der Waals surface area (Å²) in [6.45, 7) is 4.00. The Bertz CT molecular complexity index is 1040. The monoisotopic (exact) mass is 442 g/mol. The first-order valence-electron chi connectivity index (χ1n) is 11.0. The fraction of sp³-hybridized carbons (Fsp3) is 0.417. The number of imidazole rings is 1. The van der Waals surface area contributed by atoms with E-state index in [2.05, 4.69) is 10.3 Å². The third-order valence-electron chi connectivity index (χ3n) is 5.97. The lowest BCUT2D eigenvalue weighted by Crippen LogP contribution is -2.35. The number of fused-ring (bicyclic) bond motifs is 1. The molecule has 1 fully saturated rings. The number of hydrogen-bond acceptors (Lipinski definition) is 3. The van der Waals surface area contributed by atoms with Gasteiger partial charge in [-0.1, -0.05) is 43.0 Å². The van der Waals surface area contributed by atoms with Gasteiger partial charge in [0.1, 0.15) is 11.5 Å². The topological polar surface area (TPSA) is 49.6 Å². The second-order valence-electron chi connectivity index (χ2n) is 8.20. The van der Waals surface area contributed by atoms with Crippen LogP contribution in [0.3, 0.4) is 0 Å². The number of nitrogens with zero attached hydrogens (tertiary/aromatic N) is 3. The fourth-order valence-electron chi connectivity index (χ4n) is 4.13. The molecule has 0 saturated carbocycles. The Labute approximate surface area is 187 Å². The highest BCUT2D eigenvalue weighted by molar-refractivity contribution is 6.30. The number of rotatable bonds is 5. The van der Waals surface area contributed by atoms with Crippen molar-refractivity contribution < 1.29 is 9.18 Å². The molecule has 4 rings (SSSR count). The van der Waals surface area contributed by atoms with Crippen molar-refractivity contribution >= 4 is 23.2 Å². The number of benzene rings is 1. The largest absolute Gasteiger partial charge is 0.337 e. The Morgan fingerprint density at radius 1 is 1.10 bits per heavy atom. The number of carbonyl (C=O) groups is 1. The summed E-state index contributed by atoms with van der Waals surface area (Å²) in [5, 5.41) is 4.04. The van der Waals surface area contributed by atoms with Gasteiger partial charge in [0, 0.05) is 31.9 Å². The van der Waals surface area contributed by atoms with E-state index in [0.29, 0.717) is 22.9 Å². The first-order chi connectivity index (χ1) is 15.0. The molecule has 1 amide bonds. The van der Waals surface area contributed by atoms with Crippen LogP contribution in [0.1, 0.15) is 66.8 Å². The van der Waals surface area contributed by atoms with E-state index < -0.39 is 0 Å². The molecule has 3 aromatic rings. The van der Waals surface area contributed by atoms with Crippen molar-refractivity contribution in [3.8, 4) is 0 Å². The molecule has 0 unspecified atom stereocenters. The molecule has 1 aliphatic rings. The summed E-state index contributed by atoms with van der Waals surface area (Å²) in [7, 11) is 0. The number of aromatic nitrogens is 2. The minimum atomic E-state index is -0.256. The van der Waals surface area contributed by atoms with Crippen LogP contribution in [0, 0.1) is 5.82 Å². The highest BCUT2D eigenvalue weighted by Crippen LogP contribution is 2.21. The molecule has 1 aliphatic heterocycles. The van der Waals surface area contributed by atoms with Gasteiger partial charge in [-0.25, -0.2) is 9.37 Å². The highest BCUT2D eigenvalue weighted by Gasteiger charge is 2.24. The summed E-state index contributed by atoms with van der Waals surface area (Å²) < 4.78 is 15.2. The molecule has 5 nitrogen and oxygen atoms in total. The lowest BCUT2D eigenvalue weighted by Gasteiger charge is -2.24. The smallest absolute Gasteiger partial charge is 0.274 e. The van der Waals surface area contributed by atoms with Gasteiger partial charge < -0.3 is 14.6 Å². The minimum Gasteiger partial charge on any atom is -0.337 e. The van der Waals surface area contributed by atoms with Gasteiger partial charge in [0.2, 0.25) is 0 Å². The second-order valence-corrected chi connectivity index (χ2v) is 8.63. The van der Waals surface area contributed by atoms with Gasteiger partial charge in [-0.2, -0.15) is 0 Å². The highest BCUT2D eigenvalue weighted by atomic mass is 35.5. The maximum Gasteiger partial charge on any atom is 0.274 e. The Hall–Kier alpha value is -2.44. The van der Waals surface area contributed by atoms with Crippen LogP contribution in [0.4, 0.5) is 4.39 Å². The maximum atomic E-state index is 13.4. The molecule has 0 aliphatic carbocycles. The lowest BCUT2D eigenvalue weighted by atomic mass is 10.1. The number of nitrogens with one attached hydrogen (secondary N) is 1. The van der Waals surface area contributed by atoms with E-state index in [1.54, 1.807) is 24.4 Å². The molecule has 164 valence electrons. The summed E-state index contributed by atoms with van der Waals surface area (Å²) in [5.41, 5.74) is 2.94. The van der Waals surface area contributed by atoms with E-state index in [4.69, 9.17) is 11.6 Å². The molecular weight excluding hydrogens is 415 g/mol. The van der Waals surface area contributed by atoms with Crippen LogP contribution in [0.2, 0.25) is 5.02 Å². The van der Waals surface area contributed by atoms with Crippen molar-refractivity contribution in [2.75, 3.05) is 13.1 Å². The van der Waals surface area contributed by atoms with E-state index in [0.717, 1.165) is 50.0 Å². The summed E-state index contributed by atoms with van der Waals surface area (Å²) >= 11 is 6.24. The second kappa shape index (κ2) is 9.79. The molecule has 1 N–H and O–H groups in total. The van der Waals surface area contributed by atoms with Gasteiger partial charge in [-0.15, -0.1) is 0 Å². The van der Waals surface area contributed by atoms with Crippen LogP contribution in [-0.2, 0) is 6.54 Å². The molecule has 0 radical (unpaired) electrons. The van der Waals surface area contributed by atoms with Crippen molar-refractivity contribution in [1.29, 1.82) is 0 Å². The molecule has 2 aromatic heterocycles. The molecule has 7 heteroatoms. The van der Waals surface area contributed by atoms with Gasteiger partial charge in [0.25, 0.3) is 5.91 Å². The third kappa shape index (κ3) is 5.08. The van der Waals surface area contributed by atoms with Gasteiger partial charge in [0.15, 0.2) is 5.69 Å². The zero-order chi connectivity index (χ0) is 21.8. The number of hydrogen-bond donors (Lipinski definition) is 1. The molecule has 3 heterocycles. The first kappa shape index (κ1) is 21.8. The van der Waals surface area contributed by atoms with E-state index in [1.807, 2.05) is 22.3 Å². The Morgan fingerprint density at radius 3 is 2.48 bits per heavy atom. The van der Waals surface area contributed by atoms with Crippen LogP contribution in [0.25, 0.3) is 5.65 Å². The summed E-state index contributed by atoms with van der Waals surface area (Å²) in [6.07, 6.45) is 7.42. The summed E-state index contributed by atoms with van der Waals surface area (Å²) in [6, 6.07) is 10.0. The van der Waals surface area contributed by atoms with Crippen LogP contribution in [-0.4, -0.2) is 33.3 Å². The SMILES string of the molecule is C[C@@H](NCc1c(C(=O)N2CCCCCCC2)nc2ccc(Cl)cn12)c1ccc(F)cc1. The van der Waals surface area contributed by atoms with Crippen LogP contribution in [0.5, 0.6) is 0 Å². The van der Waals surface area contributed by atoms with Crippen molar-refractivity contribution in [1.82, 2.24) is 19.6 Å². The van der Waals surface area contributed by atoms with Crippen molar-refractivity contribution in [2.45, 2.75) is 51.6 Å². The van der Waals surface area contributed by atoms with E-state index in [1.165, 1.54) is 18.6 Å². The number of carbonyl (C=O) groups excluding carboxylic acids is 1. The first-order valence-corrected chi connectivity index (χ1v) is 11.4. The van der Waals surface area contributed by atoms with Gasteiger partial charge >= 0.3 is 0 Å². The molecule has 1 aromatic carbocycles. The van der Waals surface area contributed by atoms with Crippen LogP contribution >= 0.6 is 11.6 Å². The van der Waals surface area contributed by atoms with E-state index in [9.17, 15) is 9.18 Å². The van der Waals surface area contributed by atoms with Crippen LogP contribution in [0.15, 0.2) is 42.6 Å². The summed E-state index contributed by atoms with van der Waals surface area (Å²) in [4.78, 5) is 20.0. The van der Waals surface area contributed by atoms with Gasteiger partial charge in [-0.05, 0) is 49.6 Å². The predicted octanol–water partition coefficient (Wildman–Crippen LogP) is 5.38. The number of likely N-dealkylation sites (tertiary alicyclic amines) is 1.